The highest BCUT2D eigenvalue weighted by Crippen LogP contribution is 2.16. The predicted octanol–water partition coefficient (Wildman–Crippen LogP) is 3.80. The van der Waals surface area contributed by atoms with Crippen molar-refractivity contribution in [3.63, 3.8) is 0 Å². The molecule has 2 aromatic rings. The largest absolute Gasteiger partial charge is 0.253 e. The standard InChI is InChI=1S/C11H9BrFN3S/c1-7-6-17-11(15-7)16-14-5-8-2-3-10(13)9(12)4-8/h2-6H,1H3,(H,15,16). The van der Waals surface area contributed by atoms with E-state index in [1.807, 2.05) is 12.3 Å². The second-order valence-electron chi connectivity index (χ2n) is 3.34. The number of hydrogen-bond acceptors (Lipinski definition) is 4. The molecule has 6 heteroatoms. The van der Waals surface area contributed by atoms with Crippen molar-refractivity contribution >= 4 is 38.6 Å². The van der Waals surface area contributed by atoms with E-state index in [0.29, 0.717) is 4.47 Å². The van der Waals surface area contributed by atoms with Crippen LogP contribution < -0.4 is 5.43 Å². The maximum absolute atomic E-state index is 13.0. The van der Waals surface area contributed by atoms with Crippen molar-refractivity contribution in [3.8, 4) is 0 Å². The normalized spacial score (nSPS) is 11.0. The fourth-order valence-electron chi connectivity index (χ4n) is 1.16. The van der Waals surface area contributed by atoms with Crippen LogP contribution in [0.15, 0.2) is 33.2 Å². The van der Waals surface area contributed by atoms with E-state index in [0.717, 1.165) is 16.4 Å². The van der Waals surface area contributed by atoms with E-state index >= 15 is 0 Å². The van der Waals surface area contributed by atoms with Crippen molar-refractivity contribution in [2.75, 3.05) is 5.43 Å². The van der Waals surface area contributed by atoms with Gasteiger partial charge in [-0.15, -0.1) is 11.3 Å². The molecule has 0 radical (unpaired) electrons. The molecule has 0 spiro atoms. The van der Waals surface area contributed by atoms with Crippen LogP contribution >= 0.6 is 27.3 Å². The second kappa shape index (κ2) is 5.37. The Morgan fingerprint density at radius 3 is 3.00 bits per heavy atom. The molecule has 0 amide bonds. The van der Waals surface area contributed by atoms with Crippen LogP contribution in [-0.4, -0.2) is 11.2 Å². The summed E-state index contributed by atoms with van der Waals surface area (Å²) in [6, 6.07) is 4.70. The van der Waals surface area contributed by atoms with Gasteiger partial charge in [-0.2, -0.15) is 5.10 Å². The second-order valence-corrected chi connectivity index (χ2v) is 5.05. The van der Waals surface area contributed by atoms with Gasteiger partial charge in [-0.05, 0) is 40.5 Å². The monoisotopic (exact) mass is 313 g/mol. The SMILES string of the molecule is Cc1csc(NN=Cc2ccc(F)c(Br)c2)n1. The van der Waals surface area contributed by atoms with Crippen LogP contribution in [0.1, 0.15) is 11.3 Å². The van der Waals surface area contributed by atoms with Crippen molar-refractivity contribution < 1.29 is 4.39 Å². The minimum Gasteiger partial charge on any atom is -0.253 e. The smallest absolute Gasteiger partial charge is 0.203 e. The Morgan fingerprint density at radius 1 is 1.53 bits per heavy atom. The zero-order valence-electron chi connectivity index (χ0n) is 8.95. The molecule has 0 atom stereocenters. The van der Waals surface area contributed by atoms with E-state index in [9.17, 15) is 4.39 Å². The fourth-order valence-corrected chi connectivity index (χ4v) is 2.19. The van der Waals surface area contributed by atoms with Gasteiger partial charge < -0.3 is 0 Å². The summed E-state index contributed by atoms with van der Waals surface area (Å²) in [4.78, 5) is 4.20. The minimum absolute atomic E-state index is 0.286. The Hall–Kier alpha value is -1.27. The van der Waals surface area contributed by atoms with Gasteiger partial charge in [-0.25, -0.2) is 9.37 Å². The lowest BCUT2D eigenvalue weighted by Gasteiger charge is -1.96. The zero-order valence-corrected chi connectivity index (χ0v) is 11.3. The van der Waals surface area contributed by atoms with Crippen LogP contribution in [0.5, 0.6) is 0 Å². The first-order valence-electron chi connectivity index (χ1n) is 4.81. The number of rotatable bonds is 3. The molecule has 2 rings (SSSR count). The molecule has 0 saturated carbocycles. The Bertz CT molecular complexity index is 553. The summed E-state index contributed by atoms with van der Waals surface area (Å²) in [7, 11) is 0. The molecule has 1 aromatic carbocycles. The lowest BCUT2D eigenvalue weighted by Crippen LogP contribution is -1.90. The number of halogens is 2. The molecule has 0 aliphatic rings. The molecular weight excluding hydrogens is 305 g/mol. The van der Waals surface area contributed by atoms with Crippen LogP contribution in [-0.2, 0) is 0 Å². The fraction of sp³-hybridized carbons (Fsp3) is 0.0909. The first-order valence-corrected chi connectivity index (χ1v) is 6.48. The van der Waals surface area contributed by atoms with E-state index in [1.165, 1.54) is 17.4 Å². The number of nitrogens with one attached hydrogen (secondary N) is 1. The Balaban J connectivity index is 2.03. The zero-order chi connectivity index (χ0) is 12.3. The number of anilines is 1. The van der Waals surface area contributed by atoms with Gasteiger partial charge >= 0.3 is 0 Å². The van der Waals surface area contributed by atoms with Crippen molar-refractivity contribution in [1.29, 1.82) is 0 Å². The third-order valence-corrected chi connectivity index (χ3v) is 3.41. The van der Waals surface area contributed by atoms with Gasteiger partial charge in [0.2, 0.25) is 5.13 Å². The van der Waals surface area contributed by atoms with Crippen LogP contribution in [0.3, 0.4) is 0 Å². The number of aryl methyl sites for hydroxylation is 1. The number of benzene rings is 1. The molecule has 0 bridgehead atoms. The van der Waals surface area contributed by atoms with Gasteiger partial charge in [0.25, 0.3) is 0 Å². The lowest BCUT2D eigenvalue weighted by molar-refractivity contribution is 0.621. The van der Waals surface area contributed by atoms with Crippen LogP contribution in [0.2, 0.25) is 0 Å². The van der Waals surface area contributed by atoms with Crippen LogP contribution in [0.25, 0.3) is 0 Å². The quantitative estimate of drug-likeness (QED) is 0.691. The first-order chi connectivity index (χ1) is 8.15. The van der Waals surface area contributed by atoms with E-state index in [-0.39, 0.29) is 5.82 Å². The average Bonchev–Trinajstić information content (AvgIpc) is 2.70. The summed E-state index contributed by atoms with van der Waals surface area (Å²) in [6.45, 7) is 1.92. The lowest BCUT2D eigenvalue weighted by atomic mass is 10.2. The highest BCUT2D eigenvalue weighted by molar-refractivity contribution is 9.10. The molecule has 1 heterocycles. The summed E-state index contributed by atoms with van der Waals surface area (Å²) in [5.74, 6) is -0.286. The number of hydrogen-bond donors (Lipinski definition) is 1. The van der Waals surface area contributed by atoms with E-state index < -0.39 is 0 Å². The first kappa shape index (κ1) is 12.2. The molecule has 88 valence electrons. The van der Waals surface area contributed by atoms with E-state index in [4.69, 9.17) is 0 Å². The predicted molar refractivity (Wildman–Crippen MR) is 72.2 cm³/mol. The van der Waals surface area contributed by atoms with Crippen molar-refractivity contribution in [3.05, 3.63) is 45.1 Å². The number of thiazole rings is 1. The average molecular weight is 314 g/mol. The Labute approximate surface area is 111 Å². The maximum Gasteiger partial charge on any atom is 0.203 e. The Morgan fingerprint density at radius 2 is 2.35 bits per heavy atom. The van der Waals surface area contributed by atoms with Crippen molar-refractivity contribution in [2.45, 2.75) is 6.92 Å². The van der Waals surface area contributed by atoms with Gasteiger partial charge in [0.1, 0.15) is 5.82 Å². The highest BCUT2D eigenvalue weighted by Gasteiger charge is 1.98. The van der Waals surface area contributed by atoms with Gasteiger partial charge in [0.15, 0.2) is 0 Å². The van der Waals surface area contributed by atoms with Gasteiger partial charge in [-0.3, -0.25) is 5.43 Å². The van der Waals surface area contributed by atoms with Crippen molar-refractivity contribution in [1.82, 2.24) is 4.98 Å². The molecule has 17 heavy (non-hydrogen) atoms. The van der Waals surface area contributed by atoms with Gasteiger partial charge in [-0.1, -0.05) is 6.07 Å². The van der Waals surface area contributed by atoms with Crippen LogP contribution in [0.4, 0.5) is 9.52 Å². The Kier molecular flexibility index (Phi) is 3.86. The summed E-state index contributed by atoms with van der Waals surface area (Å²) in [5.41, 5.74) is 4.58. The summed E-state index contributed by atoms with van der Waals surface area (Å²) in [6.07, 6.45) is 1.61. The minimum atomic E-state index is -0.286. The molecule has 0 aliphatic heterocycles. The number of hydrazone groups is 1. The molecule has 1 N–H and O–H groups in total. The topological polar surface area (TPSA) is 37.3 Å². The molecule has 0 aliphatic carbocycles. The summed E-state index contributed by atoms with van der Waals surface area (Å²) >= 11 is 4.60. The van der Waals surface area contributed by atoms with Crippen molar-refractivity contribution in [2.24, 2.45) is 5.10 Å². The van der Waals surface area contributed by atoms with E-state index in [2.05, 4.69) is 31.4 Å². The third kappa shape index (κ3) is 3.34. The molecule has 0 saturated heterocycles. The highest BCUT2D eigenvalue weighted by atomic mass is 79.9. The molecule has 3 nitrogen and oxygen atoms in total. The summed E-state index contributed by atoms with van der Waals surface area (Å²) < 4.78 is 13.4. The number of aromatic nitrogens is 1. The van der Waals surface area contributed by atoms with E-state index in [1.54, 1.807) is 18.3 Å². The third-order valence-electron chi connectivity index (χ3n) is 1.94. The van der Waals surface area contributed by atoms with Gasteiger partial charge in [0.05, 0.1) is 16.4 Å². The summed E-state index contributed by atoms with van der Waals surface area (Å²) in [5, 5.41) is 6.70. The molecular formula is C11H9BrFN3S. The van der Waals surface area contributed by atoms with Gasteiger partial charge in [0, 0.05) is 5.38 Å². The molecule has 1 aromatic heterocycles. The molecule has 0 unspecified atom stereocenters. The molecule has 0 fully saturated rings. The number of nitrogens with zero attached hydrogens (tertiary/aromatic N) is 2. The van der Waals surface area contributed by atoms with Crippen LogP contribution in [0, 0.1) is 12.7 Å². The maximum atomic E-state index is 13.0.